The van der Waals surface area contributed by atoms with Crippen molar-refractivity contribution in [2.45, 2.75) is 13.8 Å². The molecule has 1 aromatic heterocycles. The molecule has 0 aliphatic rings. The van der Waals surface area contributed by atoms with Crippen LogP contribution in [0.4, 0.5) is 10.7 Å². The van der Waals surface area contributed by atoms with Gasteiger partial charge in [0.05, 0.1) is 18.6 Å². The predicted molar refractivity (Wildman–Crippen MR) is 128 cm³/mol. The smallest absolute Gasteiger partial charge is 0.341 e. The lowest BCUT2D eigenvalue weighted by Crippen LogP contribution is -2.12. The zero-order valence-corrected chi connectivity index (χ0v) is 19.1. The minimum absolute atomic E-state index is 0.0542. The second-order valence-corrected chi connectivity index (χ2v) is 8.08. The van der Waals surface area contributed by atoms with Crippen LogP contribution in [0.2, 0.25) is 0 Å². The van der Waals surface area contributed by atoms with E-state index in [0.29, 0.717) is 21.9 Å². The maximum absolute atomic E-state index is 12.8. The third-order valence-corrected chi connectivity index (χ3v) is 5.73. The van der Waals surface area contributed by atoms with Crippen LogP contribution in [0.1, 0.15) is 27.7 Å². The van der Waals surface area contributed by atoms with Gasteiger partial charge in [0.15, 0.2) is 0 Å². The topological polar surface area (TPSA) is 108 Å². The number of ether oxygens (including phenoxy) is 2. The highest BCUT2D eigenvalue weighted by Crippen LogP contribution is 2.40. The largest absolute Gasteiger partial charge is 0.497 e. The number of amides is 1. The summed E-state index contributed by atoms with van der Waals surface area (Å²) in [5.41, 5.74) is 2.17. The number of non-ortho nitro benzene ring substituents is 1. The van der Waals surface area contributed by atoms with E-state index in [4.69, 9.17) is 9.47 Å². The van der Waals surface area contributed by atoms with Gasteiger partial charge in [-0.3, -0.25) is 14.9 Å². The Labute approximate surface area is 194 Å². The monoisotopic (exact) mass is 466 g/mol. The van der Waals surface area contributed by atoms with Crippen LogP contribution in [0.5, 0.6) is 5.75 Å². The van der Waals surface area contributed by atoms with Gasteiger partial charge in [-0.05, 0) is 55.3 Å². The molecule has 0 atom stereocenters. The van der Waals surface area contributed by atoms with Gasteiger partial charge < -0.3 is 14.8 Å². The molecule has 8 nitrogen and oxygen atoms in total. The molecular formula is C24H22N2O6S. The fraction of sp³-hybridized carbons (Fsp3) is 0.167. The van der Waals surface area contributed by atoms with Crippen LogP contribution >= 0.6 is 11.3 Å². The Kier molecular flexibility index (Phi) is 7.57. The Hall–Kier alpha value is -3.98. The number of hydrogen-bond donors (Lipinski definition) is 1. The van der Waals surface area contributed by atoms with Gasteiger partial charge in [-0.25, -0.2) is 4.79 Å². The summed E-state index contributed by atoms with van der Waals surface area (Å²) >= 11 is 1.24. The number of nitrogens with one attached hydrogen (secondary N) is 1. The molecular weight excluding hydrogens is 444 g/mol. The molecule has 0 spiro atoms. The number of nitro groups is 1. The summed E-state index contributed by atoms with van der Waals surface area (Å²) in [4.78, 5) is 36.6. The lowest BCUT2D eigenvalue weighted by molar-refractivity contribution is -0.384. The van der Waals surface area contributed by atoms with E-state index < -0.39 is 16.8 Å². The van der Waals surface area contributed by atoms with Crippen LogP contribution in [-0.2, 0) is 9.53 Å². The summed E-state index contributed by atoms with van der Waals surface area (Å²) in [6.07, 6.45) is 3.02. The number of anilines is 1. The number of esters is 1. The highest BCUT2D eigenvalue weighted by atomic mass is 32.1. The quantitative estimate of drug-likeness (QED) is 0.204. The van der Waals surface area contributed by atoms with Crippen molar-refractivity contribution in [2.24, 2.45) is 0 Å². The van der Waals surface area contributed by atoms with E-state index in [2.05, 4.69) is 5.32 Å². The minimum Gasteiger partial charge on any atom is -0.497 e. The number of carbonyl (C=O) groups excluding carboxylic acids is 2. The van der Waals surface area contributed by atoms with E-state index >= 15 is 0 Å². The first kappa shape index (κ1) is 23.7. The van der Waals surface area contributed by atoms with Gasteiger partial charge in [-0.2, -0.15) is 0 Å². The minimum atomic E-state index is -0.579. The number of methoxy groups -OCH3 is 1. The Morgan fingerprint density at radius 3 is 2.36 bits per heavy atom. The van der Waals surface area contributed by atoms with Crippen LogP contribution in [0.25, 0.3) is 17.2 Å². The average molecular weight is 467 g/mol. The molecule has 0 aliphatic heterocycles. The Morgan fingerprint density at radius 1 is 1.12 bits per heavy atom. The van der Waals surface area contributed by atoms with Crippen LogP contribution < -0.4 is 10.1 Å². The second kappa shape index (κ2) is 10.6. The Balaban J connectivity index is 1.91. The first-order valence-corrected chi connectivity index (χ1v) is 10.8. The summed E-state index contributed by atoms with van der Waals surface area (Å²) in [6.45, 7) is 3.67. The summed E-state index contributed by atoms with van der Waals surface area (Å²) in [5.74, 6) is -0.277. The molecule has 1 heterocycles. The van der Waals surface area contributed by atoms with Gasteiger partial charge in [0.25, 0.3) is 5.69 Å². The number of thiophene rings is 1. The molecule has 33 heavy (non-hydrogen) atoms. The van der Waals surface area contributed by atoms with Crippen molar-refractivity contribution in [1.82, 2.24) is 0 Å². The summed E-state index contributed by atoms with van der Waals surface area (Å²) in [5, 5.41) is 14.1. The molecule has 0 saturated carbocycles. The van der Waals surface area contributed by atoms with E-state index in [1.807, 2.05) is 19.1 Å². The molecule has 3 aromatic rings. The van der Waals surface area contributed by atoms with Crippen molar-refractivity contribution in [3.8, 4) is 16.9 Å². The number of rotatable bonds is 8. The molecule has 170 valence electrons. The van der Waals surface area contributed by atoms with E-state index in [-0.39, 0.29) is 17.9 Å². The zero-order chi connectivity index (χ0) is 24.0. The number of carbonyl (C=O) groups is 2. The van der Waals surface area contributed by atoms with Crippen molar-refractivity contribution in [1.29, 1.82) is 0 Å². The third kappa shape index (κ3) is 5.64. The summed E-state index contributed by atoms with van der Waals surface area (Å²) in [6, 6.07) is 13.1. The lowest BCUT2D eigenvalue weighted by Gasteiger charge is -2.08. The van der Waals surface area contributed by atoms with Crippen molar-refractivity contribution in [3.05, 3.63) is 80.7 Å². The lowest BCUT2D eigenvalue weighted by atomic mass is 10.0. The van der Waals surface area contributed by atoms with Crippen LogP contribution in [0.15, 0.2) is 54.6 Å². The Bertz CT molecular complexity index is 1200. The first-order valence-electron chi connectivity index (χ1n) is 10.0. The molecule has 0 bridgehead atoms. The van der Waals surface area contributed by atoms with Crippen molar-refractivity contribution >= 4 is 40.0 Å². The Morgan fingerprint density at radius 2 is 1.79 bits per heavy atom. The number of benzene rings is 2. The van der Waals surface area contributed by atoms with Gasteiger partial charge >= 0.3 is 5.97 Å². The molecule has 3 rings (SSSR count). The molecule has 0 unspecified atom stereocenters. The SMILES string of the molecule is CCOC(=O)c1c(NC(=O)/C=C/c2ccc(OC)cc2)sc(C)c1-c1ccc([N+](=O)[O-])cc1. The maximum atomic E-state index is 12.8. The van der Waals surface area contributed by atoms with Gasteiger partial charge in [0, 0.05) is 28.6 Å². The second-order valence-electron chi connectivity index (χ2n) is 6.86. The van der Waals surface area contributed by atoms with Crippen LogP contribution in [0.3, 0.4) is 0 Å². The van der Waals surface area contributed by atoms with Gasteiger partial charge in [-0.15, -0.1) is 11.3 Å². The molecule has 0 saturated heterocycles. The van der Waals surface area contributed by atoms with Crippen LogP contribution in [-0.4, -0.2) is 30.5 Å². The number of hydrogen-bond acceptors (Lipinski definition) is 7. The average Bonchev–Trinajstić information content (AvgIpc) is 3.13. The van der Waals surface area contributed by atoms with Gasteiger partial charge in [0.2, 0.25) is 5.91 Å². The fourth-order valence-corrected chi connectivity index (χ4v) is 4.24. The van der Waals surface area contributed by atoms with Crippen molar-refractivity contribution in [3.63, 3.8) is 0 Å². The number of nitro benzene ring substituents is 1. The van der Waals surface area contributed by atoms with Gasteiger partial charge in [0.1, 0.15) is 16.3 Å². The zero-order valence-electron chi connectivity index (χ0n) is 18.3. The van der Waals surface area contributed by atoms with Crippen LogP contribution in [0, 0.1) is 17.0 Å². The summed E-state index contributed by atoms with van der Waals surface area (Å²) < 4.78 is 10.3. The highest BCUT2D eigenvalue weighted by Gasteiger charge is 2.25. The van der Waals surface area contributed by atoms with Crippen molar-refractivity contribution < 1.29 is 24.0 Å². The third-order valence-electron chi connectivity index (χ3n) is 4.71. The molecule has 0 radical (unpaired) electrons. The molecule has 0 fully saturated rings. The number of aryl methyl sites for hydroxylation is 1. The van der Waals surface area contributed by atoms with E-state index in [9.17, 15) is 19.7 Å². The molecule has 2 aromatic carbocycles. The van der Waals surface area contributed by atoms with Crippen molar-refractivity contribution in [2.75, 3.05) is 19.0 Å². The summed E-state index contributed by atoms with van der Waals surface area (Å²) in [7, 11) is 1.58. The van der Waals surface area contributed by atoms with E-state index in [1.165, 1.54) is 29.5 Å². The number of nitrogens with zero attached hydrogens (tertiary/aromatic N) is 1. The normalized spacial score (nSPS) is 10.8. The molecule has 1 amide bonds. The first-order chi connectivity index (χ1) is 15.8. The molecule has 0 aliphatic carbocycles. The predicted octanol–water partition coefficient (Wildman–Crippen LogP) is 5.47. The van der Waals surface area contributed by atoms with Gasteiger partial charge in [-0.1, -0.05) is 12.1 Å². The molecule has 9 heteroatoms. The van der Waals surface area contributed by atoms with E-state index in [0.717, 1.165) is 10.4 Å². The fourth-order valence-electron chi connectivity index (χ4n) is 3.17. The highest BCUT2D eigenvalue weighted by molar-refractivity contribution is 7.17. The molecule has 1 N–H and O–H groups in total. The maximum Gasteiger partial charge on any atom is 0.341 e. The standard InChI is InChI=1S/C24H22N2O6S/c1-4-32-24(28)22-21(17-8-10-18(11-9-17)26(29)30)15(2)33-23(22)25-20(27)14-7-16-5-12-19(31-3)13-6-16/h5-14H,4H2,1-3H3,(H,25,27)/b14-7+. The van der Waals surface area contributed by atoms with E-state index in [1.54, 1.807) is 44.4 Å².